The van der Waals surface area contributed by atoms with Crippen LogP contribution in [0.2, 0.25) is 0 Å². The molecule has 0 radical (unpaired) electrons. The van der Waals surface area contributed by atoms with E-state index in [9.17, 15) is 28.8 Å². The van der Waals surface area contributed by atoms with Crippen LogP contribution in [0, 0.1) is 0 Å². The number of aliphatic carboxylic acids is 3. The van der Waals surface area contributed by atoms with Gasteiger partial charge in [-0.25, -0.2) is 4.79 Å². The van der Waals surface area contributed by atoms with Gasteiger partial charge in [-0.3, -0.25) is 29.0 Å². The number of hydrogen-bond donors (Lipinski definition) is 10. The first-order chi connectivity index (χ1) is 15.8. The van der Waals surface area contributed by atoms with Gasteiger partial charge in [-0.15, -0.1) is 0 Å². The van der Waals surface area contributed by atoms with Gasteiger partial charge < -0.3 is 53.6 Å². The van der Waals surface area contributed by atoms with E-state index in [-0.39, 0.29) is 18.9 Å². The first-order valence-corrected chi connectivity index (χ1v) is 9.77. The van der Waals surface area contributed by atoms with E-state index >= 15 is 0 Å². The summed E-state index contributed by atoms with van der Waals surface area (Å²) >= 11 is 0. The third-order valence-electron chi connectivity index (χ3n) is 4.12. The number of nitrogens with zero attached hydrogens (tertiary/aromatic N) is 1. The largest absolute Gasteiger partial charge is 0.481 e. The zero-order valence-electron chi connectivity index (χ0n) is 18.0. The molecule has 0 saturated carbocycles. The molecule has 0 aromatic carbocycles. The molecule has 4 unspecified atom stereocenters. The Hall–Kier alpha value is -3.99. The van der Waals surface area contributed by atoms with Gasteiger partial charge in [0, 0.05) is 6.54 Å². The molecule has 0 spiro atoms. The Morgan fingerprint density at radius 2 is 1.21 bits per heavy atom. The van der Waals surface area contributed by atoms with E-state index < -0.39 is 79.2 Å². The number of rotatable bonds is 16. The number of guanidine groups is 1. The van der Waals surface area contributed by atoms with Gasteiger partial charge in [0.15, 0.2) is 5.96 Å². The lowest BCUT2D eigenvalue weighted by Gasteiger charge is -2.23. The van der Waals surface area contributed by atoms with Gasteiger partial charge in [-0.05, 0) is 12.8 Å². The third-order valence-corrected chi connectivity index (χ3v) is 4.12. The van der Waals surface area contributed by atoms with Crippen molar-refractivity contribution in [3.63, 3.8) is 0 Å². The lowest BCUT2D eigenvalue weighted by Crippen LogP contribution is -2.58. The van der Waals surface area contributed by atoms with Crippen molar-refractivity contribution in [3.8, 4) is 0 Å². The molecular formula is C17H29N7O10. The maximum absolute atomic E-state index is 12.5. The molecule has 17 nitrogen and oxygen atoms in total. The van der Waals surface area contributed by atoms with Crippen LogP contribution in [-0.2, 0) is 28.8 Å². The minimum absolute atomic E-state index is 0.0752. The zero-order chi connectivity index (χ0) is 26.4. The molecule has 0 saturated heterocycles. The van der Waals surface area contributed by atoms with Crippen LogP contribution in [0.25, 0.3) is 0 Å². The predicted molar refractivity (Wildman–Crippen MR) is 113 cm³/mol. The van der Waals surface area contributed by atoms with Crippen molar-refractivity contribution in [1.29, 1.82) is 0 Å². The average Bonchev–Trinajstić information content (AvgIpc) is 2.72. The summed E-state index contributed by atoms with van der Waals surface area (Å²) in [5.41, 5.74) is 16.0. The lowest BCUT2D eigenvalue weighted by molar-refractivity contribution is -0.145. The monoisotopic (exact) mass is 491 g/mol. The van der Waals surface area contributed by atoms with Gasteiger partial charge >= 0.3 is 17.9 Å². The van der Waals surface area contributed by atoms with Crippen LogP contribution in [0.1, 0.15) is 25.7 Å². The Bertz CT molecular complexity index is 800. The second-order valence-corrected chi connectivity index (χ2v) is 6.96. The summed E-state index contributed by atoms with van der Waals surface area (Å²) in [7, 11) is 0. The van der Waals surface area contributed by atoms with Gasteiger partial charge in [0.2, 0.25) is 17.7 Å². The molecule has 4 atom stereocenters. The van der Waals surface area contributed by atoms with E-state index in [0.717, 1.165) is 0 Å². The number of hydrogen-bond acceptors (Lipinski definition) is 9. The van der Waals surface area contributed by atoms with Crippen molar-refractivity contribution in [2.75, 3.05) is 13.2 Å². The number of aliphatic hydroxyl groups is 1. The van der Waals surface area contributed by atoms with Crippen LogP contribution >= 0.6 is 0 Å². The molecule has 0 aromatic rings. The van der Waals surface area contributed by atoms with Crippen molar-refractivity contribution in [1.82, 2.24) is 16.0 Å². The van der Waals surface area contributed by atoms with Gasteiger partial charge in [0.1, 0.15) is 18.1 Å². The first-order valence-electron chi connectivity index (χ1n) is 9.77. The molecule has 0 aliphatic carbocycles. The second-order valence-electron chi connectivity index (χ2n) is 6.96. The summed E-state index contributed by atoms with van der Waals surface area (Å²) in [5, 5.41) is 41.8. The van der Waals surface area contributed by atoms with E-state index in [4.69, 9.17) is 37.6 Å². The Kier molecular flexibility index (Phi) is 13.2. The van der Waals surface area contributed by atoms with Crippen LogP contribution in [0.15, 0.2) is 4.99 Å². The SMILES string of the molecule is NC(N)=NCCCC(N)C(=O)NC(CC(=O)O)C(=O)NC(CC(=O)O)C(=O)NC(CO)C(=O)O. The minimum atomic E-state index is -1.85. The molecule has 0 aromatic heterocycles. The van der Waals surface area contributed by atoms with Gasteiger partial charge in [-0.1, -0.05) is 0 Å². The fourth-order valence-electron chi connectivity index (χ4n) is 2.43. The minimum Gasteiger partial charge on any atom is -0.481 e. The molecule has 0 heterocycles. The fraction of sp³-hybridized carbons (Fsp3) is 0.588. The highest BCUT2D eigenvalue weighted by molar-refractivity contribution is 5.96. The molecule has 0 bridgehead atoms. The molecule has 0 aliphatic heterocycles. The average molecular weight is 491 g/mol. The number of carbonyl (C=O) groups excluding carboxylic acids is 3. The summed E-state index contributed by atoms with van der Waals surface area (Å²) in [5.74, 6) is -8.26. The number of carbonyl (C=O) groups is 6. The highest BCUT2D eigenvalue weighted by Gasteiger charge is 2.32. The number of amides is 3. The number of carboxylic acids is 3. The van der Waals surface area contributed by atoms with Crippen LogP contribution in [-0.4, -0.2) is 99.3 Å². The van der Waals surface area contributed by atoms with Crippen molar-refractivity contribution >= 4 is 41.6 Å². The Balaban J connectivity index is 5.35. The number of nitrogens with one attached hydrogen (secondary N) is 3. The number of aliphatic hydroxyl groups excluding tert-OH is 1. The summed E-state index contributed by atoms with van der Waals surface area (Å²) in [4.78, 5) is 73.9. The molecule has 17 heteroatoms. The topological polar surface area (TPSA) is 310 Å². The van der Waals surface area contributed by atoms with Gasteiger partial charge in [0.25, 0.3) is 0 Å². The summed E-state index contributed by atoms with van der Waals surface area (Å²) in [6.45, 7) is -0.854. The van der Waals surface area contributed by atoms with E-state index in [1.54, 1.807) is 0 Å². The maximum atomic E-state index is 12.5. The van der Waals surface area contributed by atoms with Crippen molar-refractivity contribution < 1.29 is 49.2 Å². The van der Waals surface area contributed by atoms with Crippen molar-refractivity contribution in [3.05, 3.63) is 0 Å². The summed E-state index contributed by atoms with van der Waals surface area (Å²) in [6, 6.07) is -6.55. The fourth-order valence-corrected chi connectivity index (χ4v) is 2.43. The second kappa shape index (κ2) is 15.0. The van der Waals surface area contributed by atoms with Crippen LogP contribution in [0.3, 0.4) is 0 Å². The normalized spacial score (nSPS) is 13.9. The molecule has 0 rings (SSSR count). The number of aliphatic imine (C=N–C) groups is 1. The summed E-state index contributed by atoms with van der Waals surface area (Å²) < 4.78 is 0. The van der Waals surface area contributed by atoms with E-state index in [1.807, 2.05) is 10.6 Å². The molecule has 3 amide bonds. The predicted octanol–water partition coefficient (Wildman–Crippen LogP) is -5.15. The molecular weight excluding hydrogens is 462 g/mol. The highest BCUT2D eigenvalue weighted by atomic mass is 16.4. The lowest BCUT2D eigenvalue weighted by atomic mass is 10.1. The smallest absolute Gasteiger partial charge is 0.328 e. The first kappa shape index (κ1) is 30.0. The molecule has 0 aliphatic rings. The quantitative estimate of drug-likeness (QED) is 0.0549. The molecule has 13 N–H and O–H groups in total. The zero-order valence-corrected chi connectivity index (χ0v) is 18.0. The Morgan fingerprint density at radius 3 is 1.59 bits per heavy atom. The number of nitrogens with two attached hydrogens (primary N) is 3. The Morgan fingerprint density at radius 1 is 0.765 bits per heavy atom. The van der Waals surface area contributed by atoms with E-state index in [0.29, 0.717) is 6.42 Å². The standard InChI is InChI=1S/C17H29N7O10/c18-7(2-1-3-21-17(19)20)13(30)22-8(4-11(26)27)14(31)23-9(5-12(28)29)15(32)24-10(6-25)16(33)34/h7-10,25H,1-6,18H2,(H,22,30)(H,23,31)(H,24,32)(H,26,27)(H,28,29)(H,33,34)(H4,19,20,21). The van der Waals surface area contributed by atoms with Crippen LogP contribution in [0.5, 0.6) is 0 Å². The van der Waals surface area contributed by atoms with E-state index in [1.165, 1.54) is 0 Å². The van der Waals surface area contributed by atoms with Crippen molar-refractivity contribution in [2.45, 2.75) is 49.9 Å². The maximum Gasteiger partial charge on any atom is 0.328 e. The van der Waals surface area contributed by atoms with Crippen molar-refractivity contribution in [2.24, 2.45) is 22.2 Å². The third kappa shape index (κ3) is 12.2. The molecule has 34 heavy (non-hydrogen) atoms. The number of carboxylic acid groups (broad SMARTS) is 3. The van der Waals surface area contributed by atoms with E-state index in [2.05, 4.69) is 10.3 Å². The van der Waals surface area contributed by atoms with Crippen LogP contribution < -0.4 is 33.2 Å². The Labute approximate surface area is 192 Å². The molecule has 0 fully saturated rings. The van der Waals surface area contributed by atoms with Gasteiger partial charge in [0.05, 0.1) is 25.5 Å². The summed E-state index contributed by atoms with van der Waals surface area (Å²) in [6.07, 6.45) is -1.58. The highest BCUT2D eigenvalue weighted by Crippen LogP contribution is 2.02. The van der Waals surface area contributed by atoms with Gasteiger partial charge in [-0.2, -0.15) is 0 Å². The van der Waals surface area contributed by atoms with Crippen LogP contribution in [0.4, 0.5) is 0 Å². The molecule has 192 valence electrons.